The number of nitrogens with zero attached hydrogens (tertiary/aromatic N) is 3. The molecule has 1 aliphatic rings. The highest BCUT2D eigenvalue weighted by Gasteiger charge is 2.22. The van der Waals surface area contributed by atoms with Crippen LogP contribution in [0.25, 0.3) is 0 Å². The normalized spacial score (nSPS) is 17.3. The van der Waals surface area contributed by atoms with Crippen LogP contribution in [0.1, 0.15) is 30.9 Å². The summed E-state index contributed by atoms with van der Waals surface area (Å²) in [7, 11) is 3.53. The number of halogens is 1. The minimum atomic E-state index is 0. The molecular weight excluding hydrogens is 453 g/mol. The largest absolute Gasteiger partial charge is 0.355 e. The molecule has 1 amide bonds. The average Bonchev–Trinajstić information content (AvgIpc) is 3.08. The molecular formula is C20H34IN5O. The highest BCUT2D eigenvalue weighted by Crippen LogP contribution is 2.15. The Kier molecular flexibility index (Phi) is 10.7. The number of carbonyl (C=O) groups is 1. The average molecular weight is 487 g/mol. The van der Waals surface area contributed by atoms with Crippen LogP contribution in [-0.2, 0) is 11.3 Å². The van der Waals surface area contributed by atoms with Crippen LogP contribution in [0.5, 0.6) is 0 Å². The lowest BCUT2D eigenvalue weighted by molar-refractivity contribution is -0.127. The van der Waals surface area contributed by atoms with E-state index in [0.29, 0.717) is 18.5 Å². The molecule has 1 aliphatic heterocycles. The first-order chi connectivity index (χ1) is 12.5. The van der Waals surface area contributed by atoms with Crippen molar-refractivity contribution in [3.63, 3.8) is 0 Å². The number of aliphatic imine (C=N–C) groups is 1. The molecule has 1 aromatic carbocycles. The van der Waals surface area contributed by atoms with Gasteiger partial charge in [-0.2, -0.15) is 0 Å². The molecule has 1 fully saturated rings. The summed E-state index contributed by atoms with van der Waals surface area (Å²) in [6.07, 6.45) is 2.46. The fourth-order valence-corrected chi connectivity index (χ4v) is 3.23. The van der Waals surface area contributed by atoms with E-state index in [0.717, 1.165) is 13.1 Å². The molecule has 0 saturated carbocycles. The summed E-state index contributed by atoms with van der Waals surface area (Å²) in [6, 6.07) is 8.89. The van der Waals surface area contributed by atoms with Crippen molar-refractivity contribution < 1.29 is 4.79 Å². The second-order valence-electron chi connectivity index (χ2n) is 7.10. The second kappa shape index (κ2) is 12.2. The van der Waals surface area contributed by atoms with E-state index in [4.69, 9.17) is 0 Å². The Morgan fingerprint density at radius 3 is 2.78 bits per heavy atom. The number of amides is 1. The van der Waals surface area contributed by atoms with Crippen molar-refractivity contribution in [2.75, 3.05) is 40.3 Å². The standard InChI is InChI=1S/C20H33N5O.HI/c1-5-25-11-7-10-18(25)14-22-20(23-15-19(26)24(3)4)21-13-17-9-6-8-16(2)12-17;/h6,8-9,12,18H,5,7,10-11,13-15H2,1-4H3,(H2,21,22,23);1H. The number of aryl methyl sites for hydroxylation is 1. The maximum Gasteiger partial charge on any atom is 0.241 e. The smallest absolute Gasteiger partial charge is 0.241 e. The van der Waals surface area contributed by atoms with E-state index < -0.39 is 0 Å². The van der Waals surface area contributed by atoms with Crippen molar-refractivity contribution >= 4 is 35.8 Å². The summed E-state index contributed by atoms with van der Waals surface area (Å²) in [4.78, 5) is 20.7. The molecule has 0 spiro atoms. The Balaban J connectivity index is 0.00000364. The van der Waals surface area contributed by atoms with E-state index >= 15 is 0 Å². The van der Waals surface area contributed by atoms with Gasteiger partial charge in [-0.1, -0.05) is 36.8 Å². The number of hydrogen-bond acceptors (Lipinski definition) is 3. The minimum absolute atomic E-state index is 0. The quantitative estimate of drug-likeness (QED) is 0.352. The molecule has 0 aromatic heterocycles. The van der Waals surface area contributed by atoms with Crippen LogP contribution in [-0.4, -0.2) is 68.0 Å². The Labute approximate surface area is 180 Å². The third-order valence-corrected chi connectivity index (χ3v) is 4.82. The highest BCUT2D eigenvalue weighted by atomic mass is 127. The van der Waals surface area contributed by atoms with Gasteiger partial charge in [0, 0.05) is 26.7 Å². The summed E-state index contributed by atoms with van der Waals surface area (Å²) in [6.45, 7) is 8.23. The zero-order chi connectivity index (χ0) is 18.9. The predicted molar refractivity (Wildman–Crippen MR) is 123 cm³/mol. The molecule has 152 valence electrons. The molecule has 1 aromatic rings. The molecule has 0 bridgehead atoms. The van der Waals surface area contributed by atoms with Crippen LogP contribution in [0, 0.1) is 6.92 Å². The first kappa shape index (κ1) is 23.7. The van der Waals surface area contributed by atoms with E-state index in [9.17, 15) is 4.79 Å². The van der Waals surface area contributed by atoms with E-state index in [1.807, 2.05) is 6.07 Å². The van der Waals surface area contributed by atoms with Gasteiger partial charge < -0.3 is 15.5 Å². The monoisotopic (exact) mass is 487 g/mol. The lowest BCUT2D eigenvalue weighted by atomic mass is 10.1. The van der Waals surface area contributed by atoms with Crippen molar-refractivity contribution in [3.05, 3.63) is 35.4 Å². The van der Waals surface area contributed by atoms with Crippen LogP contribution in [0.4, 0.5) is 0 Å². The highest BCUT2D eigenvalue weighted by molar-refractivity contribution is 14.0. The van der Waals surface area contributed by atoms with Gasteiger partial charge >= 0.3 is 0 Å². The Morgan fingerprint density at radius 1 is 1.33 bits per heavy atom. The van der Waals surface area contributed by atoms with Gasteiger partial charge in [-0.05, 0) is 38.4 Å². The van der Waals surface area contributed by atoms with Gasteiger partial charge in [0.05, 0.1) is 13.1 Å². The number of nitrogens with one attached hydrogen (secondary N) is 2. The van der Waals surface area contributed by atoms with Crippen LogP contribution in [0.15, 0.2) is 29.3 Å². The molecule has 1 heterocycles. The molecule has 0 radical (unpaired) electrons. The Hall–Kier alpha value is -1.35. The zero-order valence-corrected chi connectivity index (χ0v) is 19.3. The number of hydrogen-bond donors (Lipinski definition) is 2. The lowest BCUT2D eigenvalue weighted by Crippen LogP contribution is -2.47. The van der Waals surface area contributed by atoms with Gasteiger partial charge in [0.25, 0.3) is 0 Å². The predicted octanol–water partition coefficient (Wildman–Crippen LogP) is 2.22. The van der Waals surface area contributed by atoms with Gasteiger partial charge in [-0.3, -0.25) is 9.69 Å². The molecule has 1 atom stereocenters. The van der Waals surface area contributed by atoms with Crippen LogP contribution < -0.4 is 10.6 Å². The third kappa shape index (κ3) is 8.04. The van der Waals surface area contributed by atoms with Gasteiger partial charge in [-0.25, -0.2) is 4.99 Å². The first-order valence-electron chi connectivity index (χ1n) is 9.51. The lowest BCUT2D eigenvalue weighted by Gasteiger charge is -2.24. The zero-order valence-electron chi connectivity index (χ0n) is 17.0. The maximum atomic E-state index is 11.9. The van der Waals surface area contributed by atoms with Crippen molar-refractivity contribution in [2.45, 2.75) is 39.3 Å². The Morgan fingerprint density at radius 2 is 2.11 bits per heavy atom. The summed E-state index contributed by atoms with van der Waals surface area (Å²) in [5, 5.41) is 6.60. The number of guanidine groups is 1. The molecule has 6 nitrogen and oxygen atoms in total. The van der Waals surface area contributed by atoms with Crippen molar-refractivity contribution in [1.82, 2.24) is 20.4 Å². The van der Waals surface area contributed by atoms with E-state index in [-0.39, 0.29) is 36.4 Å². The second-order valence-corrected chi connectivity index (χ2v) is 7.10. The summed E-state index contributed by atoms with van der Waals surface area (Å²) in [5.74, 6) is 0.732. The fraction of sp³-hybridized carbons (Fsp3) is 0.600. The van der Waals surface area contributed by atoms with Crippen molar-refractivity contribution in [3.8, 4) is 0 Å². The molecule has 7 heteroatoms. The number of rotatable bonds is 7. The van der Waals surface area contributed by atoms with E-state index in [1.54, 1.807) is 19.0 Å². The molecule has 1 saturated heterocycles. The summed E-state index contributed by atoms with van der Waals surface area (Å²) in [5.41, 5.74) is 2.40. The van der Waals surface area contributed by atoms with Gasteiger partial charge in [0.2, 0.25) is 5.91 Å². The maximum absolute atomic E-state index is 11.9. The van der Waals surface area contributed by atoms with Gasteiger partial charge in [0.1, 0.15) is 0 Å². The van der Waals surface area contributed by atoms with Crippen molar-refractivity contribution in [2.24, 2.45) is 4.99 Å². The van der Waals surface area contributed by atoms with Gasteiger partial charge in [0.15, 0.2) is 5.96 Å². The van der Waals surface area contributed by atoms with Crippen LogP contribution >= 0.6 is 24.0 Å². The molecule has 2 N–H and O–H groups in total. The van der Waals surface area contributed by atoms with Crippen molar-refractivity contribution in [1.29, 1.82) is 0 Å². The SMILES string of the molecule is CCN1CCCC1CNC(=NCc1cccc(C)c1)NCC(=O)N(C)C.I. The number of likely N-dealkylation sites (N-methyl/N-ethyl adjacent to an activating group) is 2. The topological polar surface area (TPSA) is 60.0 Å². The fourth-order valence-electron chi connectivity index (χ4n) is 3.23. The summed E-state index contributed by atoms with van der Waals surface area (Å²) < 4.78 is 0. The minimum Gasteiger partial charge on any atom is -0.355 e. The number of likely N-dealkylation sites (tertiary alicyclic amines) is 1. The van der Waals surface area contributed by atoms with Crippen LogP contribution in [0.3, 0.4) is 0 Å². The van der Waals surface area contributed by atoms with Crippen LogP contribution in [0.2, 0.25) is 0 Å². The molecule has 2 rings (SSSR count). The molecule has 0 aliphatic carbocycles. The molecule has 27 heavy (non-hydrogen) atoms. The molecule has 1 unspecified atom stereocenters. The first-order valence-corrected chi connectivity index (χ1v) is 9.51. The third-order valence-electron chi connectivity index (χ3n) is 4.82. The number of carbonyl (C=O) groups excluding carboxylic acids is 1. The Bertz CT molecular complexity index is 620. The summed E-state index contributed by atoms with van der Waals surface area (Å²) >= 11 is 0. The van der Waals surface area contributed by atoms with Gasteiger partial charge in [-0.15, -0.1) is 24.0 Å². The van der Waals surface area contributed by atoms with E-state index in [2.05, 4.69) is 52.6 Å². The number of benzene rings is 1. The van der Waals surface area contributed by atoms with E-state index in [1.165, 1.54) is 30.5 Å².